The van der Waals surface area contributed by atoms with E-state index in [1.54, 1.807) is 0 Å². The third kappa shape index (κ3) is 1.58. The Kier molecular flexibility index (Phi) is 2.25. The Morgan fingerprint density at radius 1 is 1.00 bits per heavy atom. The van der Waals surface area contributed by atoms with Gasteiger partial charge >= 0.3 is 93.6 Å². The summed E-state index contributed by atoms with van der Waals surface area (Å²) >= 11 is -3.85. The number of hydrogen-bond donors (Lipinski definition) is 2. The van der Waals surface area contributed by atoms with Crippen LogP contribution in [0.15, 0.2) is 0 Å². The van der Waals surface area contributed by atoms with Crippen molar-refractivity contribution < 1.29 is 15.0 Å². The zero-order chi connectivity index (χ0) is 10.5. The standard InChI is InChI=1S/C6H12N2.C2H2O4.Pb/c7-5-3-1-2-4-6(5)8;3-1(4)2(5)6;/h5-8H,1-4H2;(H,3,4)(H,5,6);/q-2;;+4/p-2/t5-,6-;;/m1../s1. The second kappa shape index (κ2) is 3.39. The summed E-state index contributed by atoms with van der Waals surface area (Å²) in [6, 6.07) is 0.637. The molecule has 0 amide bonds. The van der Waals surface area contributed by atoms with Gasteiger partial charge in [0, 0.05) is 0 Å². The van der Waals surface area contributed by atoms with Crippen molar-refractivity contribution >= 4 is 34.6 Å². The van der Waals surface area contributed by atoms with Crippen LogP contribution < -0.4 is 6.25 Å². The van der Waals surface area contributed by atoms with E-state index in [-0.39, 0.29) is 0 Å². The molecule has 0 aromatic heterocycles. The van der Waals surface area contributed by atoms with Crippen molar-refractivity contribution in [3.63, 3.8) is 0 Å². The minimum atomic E-state index is -3.85. The number of carbonyl (C=O) groups excluding carboxylic acids is 2. The van der Waals surface area contributed by atoms with Crippen LogP contribution in [0.2, 0.25) is 0 Å². The average molecular weight is 407 g/mol. The molecular weight excluding hydrogens is 395 g/mol. The van der Waals surface area contributed by atoms with E-state index in [0.717, 1.165) is 12.8 Å². The van der Waals surface area contributed by atoms with E-state index in [1.807, 2.05) is 0 Å². The molecule has 3 rings (SSSR count). The molecule has 2 heterocycles. The van der Waals surface area contributed by atoms with Gasteiger partial charge in [-0.2, -0.15) is 0 Å². The predicted octanol–water partition coefficient (Wildman–Crippen LogP) is -0.974. The molecule has 0 radical (unpaired) electrons. The third-order valence-corrected chi connectivity index (χ3v) is 12.7. The molecule has 1 saturated carbocycles. The van der Waals surface area contributed by atoms with Crippen molar-refractivity contribution in [1.29, 1.82) is 0 Å². The quantitative estimate of drug-likeness (QED) is 0.398. The Bertz CT molecular complexity index is 303. The van der Waals surface area contributed by atoms with E-state index in [4.69, 9.17) is 5.37 Å². The van der Waals surface area contributed by atoms with Crippen LogP contribution in [0.4, 0.5) is 0 Å². The van der Waals surface area contributed by atoms with Crippen LogP contribution in [0.5, 0.6) is 0 Å². The van der Waals surface area contributed by atoms with Gasteiger partial charge in [0.15, 0.2) is 0 Å². The van der Waals surface area contributed by atoms with Gasteiger partial charge < -0.3 is 0 Å². The summed E-state index contributed by atoms with van der Waals surface area (Å²) in [7, 11) is 0. The molecule has 7 heteroatoms. The summed E-state index contributed by atoms with van der Waals surface area (Å²) < 4.78 is 16.7. The topological polar surface area (TPSA) is 76.7 Å². The van der Waals surface area contributed by atoms with Gasteiger partial charge in [-0.25, -0.2) is 0 Å². The van der Waals surface area contributed by atoms with E-state index < -0.39 is 34.6 Å². The summed E-state index contributed by atoms with van der Waals surface area (Å²) in [6.45, 7) is 0. The maximum absolute atomic E-state index is 11.0. The number of rotatable bonds is 0. The van der Waals surface area contributed by atoms with Crippen LogP contribution >= 0.6 is 0 Å². The SMILES string of the molecule is O=C1[O][Pb]2([NH][C@@H]3CCCC[C@H]3[NH]2)[O]C1=O. The van der Waals surface area contributed by atoms with Crippen molar-refractivity contribution in [2.75, 3.05) is 0 Å². The molecule has 2 N–H and O–H groups in total. The summed E-state index contributed by atoms with van der Waals surface area (Å²) in [6.07, 6.45) is 4.49. The summed E-state index contributed by atoms with van der Waals surface area (Å²) in [5, 5.41) is 0. The fraction of sp³-hybridized carbons (Fsp3) is 0.750. The Morgan fingerprint density at radius 3 is 1.93 bits per heavy atom. The van der Waals surface area contributed by atoms with E-state index >= 15 is 0 Å². The van der Waals surface area contributed by atoms with Crippen LogP contribution in [0.3, 0.4) is 0 Å². The molecule has 6 nitrogen and oxygen atoms in total. The monoisotopic (exact) mass is 408 g/mol. The van der Waals surface area contributed by atoms with Gasteiger partial charge in [-0.1, -0.05) is 0 Å². The molecule has 0 aromatic carbocycles. The second-order valence-electron chi connectivity index (χ2n) is 4.18. The minimum absolute atomic E-state index is 0.319. The fourth-order valence-corrected chi connectivity index (χ4v) is 13.1. The molecule has 82 valence electrons. The number of hydrogen-bond acceptors (Lipinski definition) is 6. The van der Waals surface area contributed by atoms with Crippen molar-refractivity contribution in [3.8, 4) is 0 Å². The number of carbonyl (C=O) groups is 2. The van der Waals surface area contributed by atoms with Crippen LogP contribution in [0.25, 0.3) is 0 Å². The first-order chi connectivity index (χ1) is 7.19. The van der Waals surface area contributed by atoms with Gasteiger partial charge in [-0.15, -0.1) is 0 Å². The second-order valence-corrected chi connectivity index (χ2v) is 12.8. The zero-order valence-corrected chi connectivity index (χ0v) is 12.0. The zero-order valence-electron chi connectivity index (χ0n) is 8.12. The molecule has 3 aliphatic rings. The molecule has 0 bridgehead atoms. The molecule has 15 heavy (non-hydrogen) atoms. The van der Waals surface area contributed by atoms with Crippen molar-refractivity contribution in [1.82, 2.24) is 6.25 Å². The molecule has 2 aliphatic heterocycles. The first-order valence-corrected chi connectivity index (χ1v) is 12.3. The van der Waals surface area contributed by atoms with Gasteiger partial charge in [0.05, 0.1) is 0 Å². The summed E-state index contributed by atoms with van der Waals surface area (Å²) in [5.74, 6) is -1.68. The third-order valence-electron chi connectivity index (χ3n) is 3.16. The molecule has 3 fully saturated rings. The van der Waals surface area contributed by atoms with E-state index in [9.17, 15) is 9.59 Å². The van der Waals surface area contributed by atoms with E-state index in [2.05, 4.69) is 6.25 Å². The number of fused-ring (bicyclic) bond motifs is 1. The fourth-order valence-electron chi connectivity index (χ4n) is 2.49. The van der Waals surface area contributed by atoms with Gasteiger partial charge in [0.1, 0.15) is 0 Å². The Balaban J connectivity index is 1.79. The Morgan fingerprint density at radius 2 is 1.47 bits per heavy atom. The molecule has 2 saturated heterocycles. The van der Waals surface area contributed by atoms with E-state index in [1.165, 1.54) is 12.8 Å². The van der Waals surface area contributed by atoms with Gasteiger partial charge in [0.2, 0.25) is 0 Å². The molecule has 0 unspecified atom stereocenters. The van der Waals surface area contributed by atoms with Gasteiger partial charge in [-0.05, 0) is 0 Å². The number of nitrogens with one attached hydrogen (secondary N) is 2. The first-order valence-electron chi connectivity index (χ1n) is 5.20. The summed E-state index contributed by atoms with van der Waals surface area (Å²) in [4.78, 5) is 22.0. The van der Waals surface area contributed by atoms with Crippen LogP contribution in [-0.2, 0) is 15.0 Å². The van der Waals surface area contributed by atoms with Crippen molar-refractivity contribution in [3.05, 3.63) is 0 Å². The molecule has 0 aromatic rings. The van der Waals surface area contributed by atoms with Crippen molar-refractivity contribution in [2.45, 2.75) is 37.8 Å². The van der Waals surface area contributed by atoms with Crippen molar-refractivity contribution in [2.24, 2.45) is 0 Å². The molecule has 1 spiro atoms. The predicted molar refractivity (Wildman–Crippen MR) is 50.3 cm³/mol. The van der Waals surface area contributed by atoms with Gasteiger partial charge in [0.25, 0.3) is 0 Å². The normalized spacial score (nSPS) is 37.6. The van der Waals surface area contributed by atoms with E-state index in [0.29, 0.717) is 12.1 Å². The first kappa shape index (κ1) is 9.97. The maximum atomic E-state index is 11.0. The van der Waals surface area contributed by atoms with Crippen LogP contribution in [0.1, 0.15) is 25.7 Å². The molecular formula is C8H12N2O4Pb. The Labute approximate surface area is 93.5 Å². The molecule has 2 atom stereocenters. The van der Waals surface area contributed by atoms with Gasteiger partial charge in [-0.3, -0.25) is 0 Å². The summed E-state index contributed by atoms with van der Waals surface area (Å²) in [5.41, 5.74) is 0. The van der Waals surface area contributed by atoms with Crippen LogP contribution in [0, 0.1) is 0 Å². The molecule has 1 aliphatic carbocycles. The Hall–Kier alpha value is -0.218. The average Bonchev–Trinajstić information content (AvgIpc) is 2.66. The van der Waals surface area contributed by atoms with Crippen LogP contribution in [-0.4, -0.2) is 46.7 Å².